The Labute approximate surface area is 238 Å². The Balaban J connectivity index is 0.000000519. The molecule has 7 nitrogen and oxygen atoms in total. The number of pyridine rings is 1. The number of hydrogen-bond donors (Lipinski definition) is 1. The molecule has 1 aliphatic carbocycles. The SMILES string of the molecule is C1CCCCC1.Cc1ccc(N(CCCN2CC3CN(C(=O)c4c(C)ccnc4C)CC3C2)C(=O)O)cc1Cl. The van der Waals surface area contributed by atoms with Crippen LogP contribution in [-0.2, 0) is 0 Å². The molecule has 1 N–H and O–H groups in total. The number of aryl methyl sites for hydroxylation is 3. The van der Waals surface area contributed by atoms with Crippen molar-refractivity contribution in [1.29, 1.82) is 0 Å². The van der Waals surface area contributed by atoms with E-state index in [-0.39, 0.29) is 5.91 Å². The third kappa shape index (κ3) is 7.52. The minimum atomic E-state index is -0.969. The second kappa shape index (κ2) is 13.6. The van der Waals surface area contributed by atoms with E-state index >= 15 is 0 Å². The molecule has 212 valence electrons. The molecule has 1 aromatic carbocycles. The first-order chi connectivity index (χ1) is 18.7. The van der Waals surface area contributed by atoms with Gasteiger partial charge in [0.05, 0.1) is 11.3 Å². The molecule has 3 fully saturated rings. The number of hydrogen-bond acceptors (Lipinski definition) is 4. The predicted molar refractivity (Wildman–Crippen MR) is 157 cm³/mol. The number of nitrogens with zero attached hydrogens (tertiary/aromatic N) is 4. The molecule has 0 bridgehead atoms. The monoisotopic (exact) mass is 554 g/mol. The van der Waals surface area contributed by atoms with Crippen molar-refractivity contribution < 1.29 is 14.7 Å². The number of likely N-dealkylation sites (tertiary alicyclic amines) is 2. The molecule has 2 aromatic rings. The van der Waals surface area contributed by atoms with E-state index in [4.69, 9.17) is 11.6 Å². The molecule has 1 saturated carbocycles. The number of fused-ring (bicyclic) bond motifs is 1. The number of carboxylic acid groups (broad SMARTS) is 1. The number of carbonyl (C=O) groups excluding carboxylic acids is 1. The van der Waals surface area contributed by atoms with E-state index < -0.39 is 6.09 Å². The van der Waals surface area contributed by atoms with E-state index in [0.29, 0.717) is 29.1 Å². The summed E-state index contributed by atoms with van der Waals surface area (Å²) < 4.78 is 0. The maximum absolute atomic E-state index is 13.1. The minimum absolute atomic E-state index is 0.0907. The normalized spacial score (nSPS) is 20.8. The number of carbonyl (C=O) groups is 2. The van der Waals surface area contributed by atoms with Crippen LogP contribution in [0.15, 0.2) is 30.5 Å². The van der Waals surface area contributed by atoms with Crippen molar-refractivity contribution in [2.75, 3.05) is 44.2 Å². The Morgan fingerprint density at radius 2 is 1.56 bits per heavy atom. The zero-order valence-electron chi connectivity index (χ0n) is 23.7. The molecular formula is C31H43ClN4O3. The smallest absolute Gasteiger partial charge is 0.411 e. The molecule has 2 amide bonds. The predicted octanol–water partition coefficient (Wildman–Crippen LogP) is 6.58. The molecule has 2 saturated heterocycles. The molecule has 0 radical (unpaired) electrons. The number of amides is 2. The summed E-state index contributed by atoms with van der Waals surface area (Å²) in [6.45, 7) is 10.5. The van der Waals surface area contributed by atoms with Crippen LogP contribution >= 0.6 is 11.6 Å². The van der Waals surface area contributed by atoms with Crippen LogP contribution in [0, 0.1) is 32.6 Å². The van der Waals surface area contributed by atoms with Crippen LogP contribution in [-0.4, -0.2) is 71.2 Å². The maximum Gasteiger partial charge on any atom is 0.411 e. The topological polar surface area (TPSA) is 77.0 Å². The molecule has 2 aliphatic heterocycles. The van der Waals surface area contributed by atoms with Crippen molar-refractivity contribution in [3.8, 4) is 0 Å². The lowest BCUT2D eigenvalue weighted by atomic mass is 10.0. The standard InChI is InChI=1S/C25H31ClN4O3.C6H12/c1-16-5-6-21(11-22(16)26)30(25(32)33)10-4-9-28-12-19-14-29(15-20(19)13-28)24(31)23-17(2)7-8-27-18(23)3;1-2-4-6-5-3-1/h5-8,11,19-20H,4,9-10,12-15H2,1-3H3,(H,32,33);1-6H2. The summed E-state index contributed by atoms with van der Waals surface area (Å²) in [7, 11) is 0. The van der Waals surface area contributed by atoms with Gasteiger partial charge in [-0.3, -0.25) is 14.7 Å². The molecule has 1 aromatic heterocycles. The lowest BCUT2D eigenvalue weighted by molar-refractivity contribution is 0.0772. The van der Waals surface area contributed by atoms with Crippen LogP contribution in [0.1, 0.15) is 72.1 Å². The zero-order valence-corrected chi connectivity index (χ0v) is 24.4. The molecule has 2 atom stereocenters. The summed E-state index contributed by atoms with van der Waals surface area (Å²) >= 11 is 6.19. The third-order valence-corrected chi connectivity index (χ3v) is 8.87. The van der Waals surface area contributed by atoms with Gasteiger partial charge in [-0.25, -0.2) is 4.79 Å². The second-order valence-corrected chi connectivity index (χ2v) is 11.8. The highest BCUT2D eigenvalue weighted by Crippen LogP contribution is 2.32. The molecular weight excluding hydrogens is 512 g/mol. The van der Waals surface area contributed by atoms with Crippen molar-refractivity contribution in [1.82, 2.24) is 14.8 Å². The van der Waals surface area contributed by atoms with E-state index in [9.17, 15) is 14.7 Å². The zero-order chi connectivity index (χ0) is 27.9. The van der Waals surface area contributed by atoms with Crippen molar-refractivity contribution in [3.05, 3.63) is 57.9 Å². The molecule has 39 heavy (non-hydrogen) atoms. The van der Waals surface area contributed by atoms with Gasteiger partial charge >= 0.3 is 6.09 Å². The minimum Gasteiger partial charge on any atom is -0.465 e. The van der Waals surface area contributed by atoms with Crippen LogP contribution < -0.4 is 4.90 Å². The van der Waals surface area contributed by atoms with Gasteiger partial charge in [-0.05, 0) is 74.9 Å². The summed E-state index contributed by atoms with van der Waals surface area (Å²) in [5.74, 6) is 1.03. The third-order valence-electron chi connectivity index (χ3n) is 8.47. The molecule has 5 rings (SSSR count). The molecule has 8 heteroatoms. The Kier molecular flexibility index (Phi) is 10.2. The van der Waals surface area contributed by atoms with Crippen molar-refractivity contribution in [2.45, 2.75) is 65.7 Å². The van der Waals surface area contributed by atoms with Crippen molar-refractivity contribution >= 4 is 29.3 Å². The van der Waals surface area contributed by atoms with Gasteiger partial charge in [-0.1, -0.05) is 56.2 Å². The van der Waals surface area contributed by atoms with Gasteiger partial charge < -0.3 is 14.9 Å². The first-order valence-electron chi connectivity index (χ1n) is 14.4. The van der Waals surface area contributed by atoms with E-state index in [1.807, 2.05) is 37.8 Å². The highest BCUT2D eigenvalue weighted by atomic mass is 35.5. The van der Waals surface area contributed by atoms with Crippen LogP contribution in [0.25, 0.3) is 0 Å². The van der Waals surface area contributed by atoms with Gasteiger partial charge in [0.2, 0.25) is 0 Å². The summed E-state index contributed by atoms with van der Waals surface area (Å²) in [5.41, 5.74) is 4.03. The molecule has 3 aliphatic rings. The summed E-state index contributed by atoms with van der Waals surface area (Å²) in [4.78, 5) is 34.9. The Morgan fingerprint density at radius 1 is 0.949 bits per heavy atom. The van der Waals surface area contributed by atoms with Crippen LogP contribution in [0.4, 0.5) is 10.5 Å². The fourth-order valence-corrected chi connectivity index (χ4v) is 6.39. The molecule has 3 heterocycles. The van der Waals surface area contributed by atoms with E-state index in [2.05, 4.69) is 9.88 Å². The van der Waals surface area contributed by atoms with Gasteiger partial charge in [0.25, 0.3) is 5.91 Å². The summed E-state index contributed by atoms with van der Waals surface area (Å²) in [6, 6.07) is 7.25. The molecule has 0 spiro atoms. The maximum atomic E-state index is 13.1. The van der Waals surface area contributed by atoms with Gasteiger partial charge in [0.1, 0.15) is 0 Å². The van der Waals surface area contributed by atoms with Gasteiger partial charge in [-0.15, -0.1) is 0 Å². The van der Waals surface area contributed by atoms with Crippen LogP contribution in [0.3, 0.4) is 0 Å². The van der Waals surface area contributed by atoms with Crippen LogP contribution in [0.2, 0.25) is 5.02 Å². The average Bonchev–Trinajstić information content (AvgIpc) is 3.49. The number of anilines is 1. The van der Waals surface area contributed by atoms with E-state index in [1.54, 1.807) is 18.3 Å². The van der Waals surface area contributed by atoms with Crippen molar-refractivity contribution in [3.63, 3.8) is 0 Å². The van der Waals surface area contributed by atoms with Gasteiger partial charge in [0.15, 0.2) is 0 Å². The lowest BCUT2D eigenvalue weighted by Gasteiger charge is -2.24. The highest BCUT2D eigenvalue weighted by Gasteiger charge is 2.41. The van der Waals surface area contributed by atoms with Gasteiger partial charge in [-0.2, -0.15) is 0 Å². The number of benzene rings is 1. The number of aromatic nitrogens is 1. The number of rotatable bonds is 6. The summed E-state index contributed by atoms with van der Waals surface area (Å²) in [6.07, 6.45) is 10.5. The fourth-order valence-electron chi connectivity index (χ4n) is 6.21. The van der Waals surface area contributed by atoms with Crippen LogP contribution in [0.5, 0.6) is 0 Å². The van der Waals surface area contributed by atoms with E-state index in [0.717, 1.165) is 61.5 Å². The largest absolute Gasteiger partial charge is 0.465 e. The number of halogens is 1. The Bertz CT molecular complexity index is 1110. The van der Waals surface area contributed by atoms with Crippen molar-refractivity contribution in [2.24, 2.45) is 11.8 Å². The van der Waals surface area contributed by atoms with E-state index in [1.165, 1.54) is 43.4 Å². The summed E-state index contributed by atoms with van der Waals surface area (Å²) in [5, 5.41) is 10.2. The first-order valence-corrected chi connectivity index (χ1v) is 14.8. The fraction of sp³-hybridized carbons (Fsp3) is 0.581. The quantitative estimate of drug-likeness (QED) is 0.436. The Hall–Kier alpha value is -2.64. The molecule has 2 unspecified atom stereocenters. The second-order valence-electron chi connectivity index (χ2n) is 11.4. The lowest BCUT2D eigenvalue weighted by Crippen LogP contribution is -2.36. The Morgan fingerprint density at radius 3 is 2.10 bits per heavy atom. The highest BCUT2D eigenvalue weighted by molar-refractivity contribution is 6.31. The first kappa shape index (κ1) is 29.3. The average molecular weight is 555 g/mol. The van der Waals surface area contributed by atoms with Gasteiger partial charge in [0, 0.05) is 49.6 Å².